The molecule has 0 fully saturated rings. The summed E-state index contributed by atoms with van der Waals surface area (Å²) in [6.07, 6.45) is -4.71. The van der Waals surface area contributed by atoms with Gasteiger partial charge in [-0.3, -0.25) is 9.59 Å². The number of carbonyl (C=O) groups excluding carboxylic acids is 1. The van der Waals surface area contributed by atoms with Crippen molar-refractivity contribution in [2.75, 3.05) is 6.54 Å². The molecule has 0 atom stereocenters. The number of aromatic amines is 1. The lowest BCUT2D eigenvalue weighted by Crippen LogP contribution is -2.28. The molecule has 0 saturated heterocycles. The first kappa shape index (κ1) is 28.0. The molecule has 0 bridgehead atoms. The van der Waals surface area contributed by atoms with E-state index in [1.165, 1.54) is 24.3 Å². The number of aliphatic carboxylic acids is 1. The van der Waals surface area contributed by atoms with Crippen LogP contribution in [0.15, 0.2) is 59.4 Å². The molecule has 1 aromatic heterocycles. The first-order valence-electron chi connectivity index (χ1n) is 10.4. The second kappa shape index (κ2) is 13.0. The van der Waals surface area contributed by atoms with E-state index in [0.29, 0.717) is 30.9 Å². The molecule has 9 nitrogen and oxygen atoms in total. The van der Waals surface area contributed by atoms with Crippen LogP contribution in [0.1, 0.15) is 27.4 Å². The molecule has 36 heavy (non-hydrogen) atoms. The summed E-state index contributed by atoms with van der Waals surface area (Å²) in [6, 6.07) is 15.5. The van der Waals surface area contributed by atoms with Gasteiger partial charge in [0.15, 0.2) is 5.69 Å². The number of carboxylic acid groups (broad SMARTS) is 1. The van der Waals surface area contributed by atoms with Crippen LogP contribution in [0.5, 0.6) is 5.75 Å². The van der Waals surface area contributed by atoms with Gasteiger partial charge in [0.1, 0.15) is 11.6 Å². The van der Waals surface area contributed by atoms with Crippen molar-refractivity contribution < 1.29 is 37.4 Å². The number of nitrogens with one attached hydrogen (secondary N) is 3. The summed E-state index contributed by atoms with van der Waals surface area (Å²) in [5.74, 6) is -4.26. The molecule has 0 aliphatic heterocycles. The molecular weight excluding hydrogens is 488 g/mol. The van der Waals surface area contributed by atoms with Crippen molar-refractivity contribution in [3.63, 3.8) is 0 Å². The van der Waals surface area contributed by atoms with Crippen LogP contribution in [-0.4, -0.2) is 44.8 Å². The predicted molar refractivity (Wildman–Crippen MR) is 120 cm³/mol. The number of alkyl halides is 3. The summed E-state index contributed by atoms with van der Waals surface area (Å²) in [4.78, 5) is 39.7. The zero-order valence-electron chi connectivity index (χ0n) is 18.6. The van der Waals surface area contributed by atoms with E-state index in [0.717, 1.165) is 5.56 Å². The monoisotopic (exact) mass is 510 g/mol. The minimum absolute atomic E-state index is 0.112. The smallest absolute Gasteiger partial charge is 0.490 e. The maximum Gasteiger partial charge on any atom is 0.490 e. The fourth-order valence-electron chi connectivity index (χ4n) is 2.69. The zero-order chi connectivity index (χ0) is 26.7. The van der Waals surface area contributed by atoms with Gasteiger partial charge < -0.3 is 25.8 Å². The second-order valence-electron chi connectivity index (χ2n) is 7.23. The molecule has 0 aliphatic rings. The van der Waals surface area contributed by atoms with Crippen molar-refractivity contribution in [1.82, 2.24) is 20.6 Å². The summed E-state index contributed by atoms with van der Waals surface area (Å²) in [5, 5.41) is 22.8. The van der Waals surface area contributed by atoms with Gasteiger partial charge in [0, 0.05) is 26.1 Å². The van der Waals surface area contributed by atoms with Gasteiger partial charge in [-0.1, -0.05) is 42.5 Å². The van der Waals surface area contributed by atoms with E-state index in [1.807, 2.05) is 30.3 Å². The van der Waals surface area contributed by atoms with E-state index in [9.17, 15) is 32.3 Å². The van der Waals surface area contributed by atoms with Crippen LogP contribution in [0.3, 0.4) is 0 Å². The maximum atomic E-state index is 12.9. The summed E-state index contributed by atoms with van der Waals surface area (Å²) in [6.45, 7) is 1.30. The quantitative estimate of drug-likeness (QED) is 0.231. The van der Waals surface area contributed by atoms with Gasteiger partial charge in [0.05, 0.1) is 0 Å². The number of aromatic nitrogens is 2. The van der Waals surface area contributed by atoms with Crippen molar-refractivity contribution in [3.05, 3.63) is 93.4 Å². The Kier molecular flexibility index (Phi) is 10.1. The van der Waals surface area contributed by atoms with Gasteiger partial charge in [-0.05, 0) is 23.3 Å². The van der Waals surface area contributed by atoms with Crippen molar-refractivity contribution in [1.29, 1.82) is 0 Å². The van der Waals surface area contributed by atoms with Crippen LogP contribution in [-0.2, 0) is 24.3 Å². The first-order chi connectivity index (χ1) is 17.0. The number of hydrogen-bond donors (Lipinski definition) is 5. The predicted octanol–water partition coefficient (Wildman–Crippen LogP) is 2.51. The number of carboxylic acids is 1. The van der Waals surface area contributed by atoms with Crippen LogP contribution >= 0.6 is 0 Å². The molecule has 13 heteroatoms. The minimum Gasteiger partial charge on any atom is -0.501 e. The van der Waals surface area contributed by atoms with Crippen LogP contribution in [0, 0.1) is 5.82 Å². The van der Waals surface area contributed by atoms with Crippen LogP contribution in [0.4, 0.5) is 17.6 Å². The number of rotatable bonds is 8. The standard InChI is InChI=1S/C21H21FN4O3.C2HF3O2/c22-16-8-6-15(7-9-16)13-24-20(28)18-19(27)21(29)26-17(25-18)10-11-23-12-14-4-2-1-3-5-14;3-2(4,5)1(6)7/h1-9,23,27H,10-13H2,(H,24,28)(H,25,26,29);(H,6,7). The number of carbonyl (C=O) groups is 2. The summed E-state index contributed by atoms with van der Waals surface area (Å²) in [7, 11) is 0. The number of halogens is 4. The lowest BCUT2D eigenvalue weighted by Gasteiger charge is -2.09. The van der Waals surface area contributed by atoms with Gasteiger partial charge in [-0.25, -0.2) is 14.2 Å². The minimum atomic E-state index is -5.08. The van der Waals surface area contributed by atoms with Gasteiger partial charge in [0.2, 0.25) is 5.75 Å². The van der Waals surface area contributed by atoms with Crippen molar-refractivity contribution in [2.24, 2.45) is 0 Å². The van der Waals surface area contributed by atoms with E-state index in [2.05, 4.69) is 20.6 Å². The number of amides is 1. The number of hydrogen-bond acceptors (Lipinski definition) is 6. The normalized spacial score (nSPS) is 10.8. The third-order valence-electron chi connectivity index (χ3n) is 4.48. The Bertz CT molecular complexity index is 1220. The van der Waals surface area contributed by atoms with Crippen molar-refractivity contribution >= 4 is 11.9 Å². The van der Waals surface area contributed by atoms with Gasteiger partial charge in [-0.15, -0.1) is 0 Å². The molecule has 0 unspecified atom stereocenters. The molecule has 0 radical (unpaired) electrons. The Morgan fingerprint density at radius 1 is 0.972 bits per heavy atom. The number of benzene rings is 2. The fraction of sp³-hybridized carbons (Fsp3) is 0.217. The fourth-order valence-corrected chi connectivity index (χ4v) is 2.69. The van der Waals surface area contributed by atoms with Gasteiger partial charge >= 0.3 is 12.1 Å². The van der Waals surface area contributed by atoms with E-state index < -0.39 is 29.4 Å². The highest BCUT2D eigenvalue weighted by atomic mass is 19.4. The Morgan fingerprint density at radius 2 is 1.56 bits per heavy atom. The van der Waals surface area contributed by atoms with E-state index in [4.69, 9.17) is 9.90 Å². The molecule has 0 saturated carbocycles. The second-order valence-corrected chi connectivity index (χ2v) is 7.23. The summed E-state index contributed by atoms with van der Waals surface area (Å²) >= 11 is 0. The van der Waals surface area contributed by atoms with Gasteiger partial charge in [0.25, 0.3) is 11.5 Å². The SMILES string of the molecule is O=C(NCc1ccc(F)cc1)c1nc(CCNCc2ccccc2)[nH]c(=O)c1O.O=C(O)C(F)(F)F. The molecule has 0 aliphatic carbocycles. The molecule has 3 aromatic rings. The lowest BCUT2D eigenvalue weighted by molar-refractivity contribution is -0.192. The highest BCUT2D eigenvalue weighted by Gasteiger charge is 2.38. The van der Waals surface area contributed by atoms with Crippen LogP contribution in [0.25, 0.3) is 0 Å². The van der Waals surface area contributed by atoms with Gasteiger partial charge in [-0.2, -0.15) is 13.2 Å². The first-order valence-corrected chi connectivity index (χ1v) is 10.4. The molecule has 2 aromatic carbocycles. The number of aromatic hydroxyl groups is 1. The molecule has 1 amide bonds. The van der Waals surface area contributed by atoms with E-state index in [1.54, 1.807) is 0 Å². The largest absolute Gasteiger partial charge is 0.501 e. The Morgan fingerprint density at radius 3 is 2.14 bits per heavy atom. The summed E-state index contributed by atoms with van der Waals surface area (Å²) < 4.78 is 44.7. The molecular formula is C23H22F4N4O5. The van der Waals surface area contributed by atoms with Crippen LogP contribution < -0.4 is 16.2 Å². The Labute approximate surface area is 201 Å². The average Bonchev–Trinajstić information content (AvgIpc) is 2.83. The Balaban J connectivity index is 0.000000572. The third-order valence-corrected chi connectivity index (χ3v) is 4.48. The zero-order valence-corrected chi connectivity index (χ0v) is 18.6. The Hall–Kier alpha value is -4.26. The molecule has 1 heterocycles. The summed E-state index contributed by atoms with van der Waals surface area (Å²) in [5.41, 5.74) is 0.689. The van der Waals surface area contributed by atoms with E-state index in [-0.39, 0.29) is 18.1 Å². The van der Waals surface area contributed by atoms with Crippen molar-refractivity contribution in [3.8, 4) is 5.75 Å². The highest BCUT2D eigenvalue weighted by molar-refractivity contribution is 5.94. The molecule has 3 rings (SSSR count). The average molecular weight is 510 g/mol. The van der Waals surface area contributed by atoms with Crippen LogP contribution in [0.2, 0.25) is 0 Å². The third kappa shape index (κ3) is 9.18. The lowest BCUT2D eigenvalue weighted by atomic mass is 10.2. The van der Waals surface area contributed by atoms with Crippen molar-refractivity contribution in [2.45, 2.75) is 25.7 Å². The number of H-pyrrole nitrogens is 1. The topological polar surface area (TPSA) is 144 Å². The molecule has 0 spiro atoms. The maximum absolute atomic E-state index is 12.9. The molecule has 192 valence electrons. The highest BCUT2D eigenvalue weighted by Crippen LogP contribution is 2.13. The number of nitrogens with zero attached hydrogens (tertiary/aromatic N) is 1. The molecule has 5 N–H and O–H groups in total. The van der Waals surface area contributed by atoms with E-state index >= 15 is 0 Å².